The van der Waals surface area contributed by atoms with E-state index in [1.165, 1.54) is 6.07 Å². The van der Waals surface area contributed by atoms with Gasteiger partial charge in [-0.05, 0) is 31.8 Å². The maximum Gasteiger partial charge on any atom is 0.273 e. The lowest BCUT2D eigenvalue weighted by Crippen LogP contribution is -2.36. The van der Waals surface area contributed by atoms with E-state index in [4.69, 9.17) is 0 Å². The maximum absolute atomic E-state index is 11.9. The second kappa shape index (κ2) is 7.00. The number of benzene rings is 1. The zero-order valence-electron chi connectivity index (χ0n) is 11.3. The van der Waals surface area contributed by atoms with Crippen molar-refractivity contribution in [3.8, 4) is 0 Å². The molecule has 6 heteroatoms. The van der Waals surface area contributed by atoms with E-state index in [9.17, 15) is 14.9 Å². The van der Waals surface area contributed by atoms with Gasteiger partial charge in [-0.3, -0.25) is 14.9 Å². The van der Waals surface area contributed by atoms with Gasteiger partial charge < -0.3 is 10.6 Å². The smallest absolute Gasteiger partial charge is 0.273 e. The van der Waals surface area contributed by atoms with Gasteiger partial charge in [0.1, 0.15) is 0 Å². The molecule has 0 aliphatic carbocycles. The van der Waals surface area contributed by atoms with Crippen LogP contribution in [0, 0.1) is 16.0 Å². The van der Waals surface area contributed by atoms with Crippen molar-refractivity contribution >= 4 is 11.6 Å². The van der Waals surface area contributed by atoms with Gasteiger partial charge in [0.2, 0.25) is 5.91 Å². The zero-order chi connectivity index (χ0) is 14.4. The first-order valence-corrected chi connectivity index (χ1v) is 6.86. The highest BCUT2D eigenvalue weighted by molar-refractivity contribution is 5.79. The molecule has 108 valence electrons. The van der Waals surface area contributed by atoms with E-state index in [-0.39, 0.29) is 18.0 Å². The van der Waals surface area contributed by atoms with Crippen molar-refractivity contribution in [2.45, 2.75) is 19.3 Å². The second-order valence-corrected chi connectivity index (χ2v) is 5.06. The van der Waals surface area contributed by atoms with Crippen LogP contribution in [0.25, 0.3) is 0 Å². The summed E-state index contributed by atoms with van der Waals surface area (Å²) >= 11 is 0. The third kappa shape index (κ3) is 4.03. The van der Waals surface area contributed by atoms with E-state index in [0.717, 1.165) is 25.9 Å². The van der Waals surface area contributed by atoms with E-state index in [0.29, 0.717) is 18.0 Å². The molecule has 1 aromatic carbocycles. The molecule has 20 heavy (non-hydrogen) atoms. The molecule has 2 rings (SSSR count). The van der Waals surface area contributed by atoms with Gasteiger partial charge >= 0.3 is 0 Å². The third-order valence-electron chi connectivity index (χ3n) is 3.59. The Bertz CT molecular complexity index is 484. The monoisotopic (exact) mass is 277 g/mol. The number of nitro benzene ring substituents is 1. The summed E-state index contributed by atoms with van der Waals surface area (Å²) in [6, 6.07) is 6.37. The molecule has 2 N–H and O–H groups in total. The van der Waals surface area contributed by atoms with Crippen LogP contribution in [0.3, 0.4) is 0 Å². The molecular weight excluding hydrogens is 258 g/mol. The number of para-hydroxylation sites is 1. The molecule has 1 aromatic rings. The number of nitrogens with one attached hydrogen (secondary N) is 2. The minimum absolute atomic E-state index is 0.00418. The van der Waals surface area contributed by atoms with Crippen molar-refractivity contribution in [2.75, 3.05) is 19.6 Å². The number of amides is 1. The Labute approximate surface area is 117 Å². The van der Waals surface area contributed by atoms with E-state index >= 15 is 0 Å². The van der Waals surface area contributed by atoms with Gasteiger partial charge in [0.15, 0.2) is 0 Å². The van der Waals surface area contributed by atoms with Crippen molar-refractivity contribution in [2.24, 2.45) is 5.92 Å². The molecule has 1 amide bonds. The van der Waals surface area contributed by atoms with E-state index in [1.54, 1.807) is 18.2 Å². The molecule has 1 aliphatic rings. The number of piperidine rings is 1. The molecule has 6 nitrogen and oxygen atoms in total. The fourth-order valence-corrected chi connectivity index (χ4v) is 2.42. The normalized spacial score (nSPS) is 15.8. The number of nitrogens with zero attached hydrogens (tertiary/aromatic N) is 1. The van der Waals surface area contributed by atoms with Gasteiger partial charge in [-0.15, -0.1) is 0 Å². The number of carbonyl (C=O) groups excluding carboxylic acids is 1. The molecular formula is C14H19N3O3. The van der Waals surface area contributed by atoms with Crippen LogP contribution < -0.4 is 10.6 Å². The lowest BCUT2D eigenvalue weighted by molar-refractivity contribution is -0.385. The van der Waals surface area contributed by atoms with Crippen molar-refractivity contribution in [3.63, 3.8) is 0 Å². The Morgan fingerprint density at radius 1 is 1.35 bits per heavy atom. The number of carbonyl (C=O) groups is 1. The summed E-state index contributed by atoms with van der Waals surface area (Å²) < 4.78 is 0. The number of rotatable bonds is 5. The van der Waals surface area contributed by atoms with Crippen LogP contribution in [0.1, 0.15) is 18.4 Å². The van der Waals surface area contributed by atoms with Crippen molar-refractivity contribution < 1.29 is 9.72 Å². The van der Waals surface area contributed by atoms with Gasteiger partial charge in [-0.25, -0.2) is 0 Å². The minimum atomic E-state index is -0.449. The highest BCUT2D eigenvalue weighted by Gasteiger charge is 2.17. The van der Waals surface area contributed by atoms with Crippen LogP contribution in [0.5, 0.6) is 0 Å². The quantitative estimate of drug-likeness (QED) is 0.626. The summed E-state index contributed by atoms with van der Waals surface area (Å²) in [6.45, 7) is 2.64. The molecule has 0 spiro atoms. The number of hydrogen-bond donors (Lipinski definition) is 2. The second-order valence-electron chi connectivity index (χ2n) is 5.06. The van der Waals surface area contributed by atoms with E-state index in [1.807, 2.05) is 0 Å². The van der Waals surface area contributed by atoms with Crippen LogP contribution >= 0.6 is 0 Å². The fraction of sp³-hybridized carbons (Fsp3) is 0.500. The molecule has 1 fully saturated rings. The van der Waals surface area contributed by atoms with Gasteiger partial charge in [0.05, 0.1) is 11.3 Å². The number of nitro groups is 1. The minimum Gasteiger partial charge on any atom is -0.356 e. The van der Waals surface area contributed by atoms with Crippen molar-refractivity contribution in [1.29, 1.82) is 0 Å². The Morgan fingerprint density at radius 2 is 2.05 bits per heavy atom. The summed E-state index contributed by atoms with van der Waals surface area (Å²) in [5, 5.41) is 17.0. The zero-order valence-corrected chi connectivity index (χ0v) is 11.3. The molecule has 0 atom stereocenters. The summed E-state index contributed by atoms with van der Waals surface area (Å²) in [5.41, 5.74) is 0.463. The van der Waals surface area contributed by atoms with E-state index < -0.39 is 4.92 Å². The lowest BCUT2D eigenvalue weighted by atomic mass is 9.98. The van der Waals surface area contributed by atoms with Gasteiger partial charge in [-0.1, -0.05) is 18.2 Å². The highest BCUT2D eigenvalue weighted by Crippen LogP contribution is 2.18. The Morgan fingerprint density at radius 3 is 2.75 bits per heavy atom. The third-order valence-corrected chi connectivity index (χ3v) is 3.59. The molecule has 0 saturated carbocycles. The van der Waals surface area contributed by atoms with Crippen molar-refractivity contribution in [3.05, 3.63) is 39.9 Å². The summed E-state index contributed by atoms with van der Waals surface area (Å²) in [6.07, 6.45) is 2.18. The lowest BCUT2D eigenvalue weighted by Gasteiger charge is -2.22. The molecule has 0 unspecified atom stereocenters. The van der Waals surface area contributed by atoms with Gasteiger partial charge in [0, 0.05) is 18.2 Å². The summed E-state index contributed by atoms with van der Waals surface area (Å²) in [4.78, 5) is 22.3. The Kier molecular flexibility index (Phi) is 5.06. The van der Waals surface area contributed by atoms with Crippen LogP contribution in [0.4, 0.5) is 5.69 Å². The van der Waals surface area contributed by atoms with Crippen LogP contribution in [-0.4, -0.2) is 30.5 Å². The maximum atomic E-state index is 11.9. The molecule has 0 radical (unpaired) electrons. The van der Waals surface area contributed by atoms with Crippen molar-refractivity contribution in [1.82, 2.24) is 10.6 Å². The predicted octanol–water partition coefficient (Wildman–Crippen LogP) is 1.25. The molecule has 1 heterocycles. The largest absolute Gasteiger partial charge is 0.356 e. The van der Waals surface area contributed by atoms with Crippen LogP contribution in [0.15, 0.2) is 24.3 Å². The first-order chi connectivity index (χ1) is 9.66. The first kappa shape index (κ1) is 14.5. The highest BCUT2D eigenvalue weighted by atomic mass is 16.6. The molecule has 1 aliphatic heterocycles. The molecule has 0 bridgehead atoms. The van der Waals surface area contributed by atoms with E-state index in [2.05, 4.69) is 10.6 Å². The molecule has 0 aromatic heterocycles. The predicted molar refractivity (Wildman–Crippen MR) is 75.4 cm³/mol. The number of hydrogen-bond acceptors (Lipinski definition) is 4. The standard InChI is InChI=1S/C14H19N3O3/c18-14(16-10-11-5-7-15-8-6-11)9-12-3-1-2-4-13(12)17(19)20/h1-4,11,15H,5-10H2,(H,16,18). The fourth-order valence-electron chi connectivity index (χ4n) is 2.42. The summed E-state index contributed by atoms with van der Waals surface area (Å²) in [5.74, 6) is 0.351. The SMILES string of the molecule is O=C(Cc1ccccc1[N+](=O)[O-])NCC1CCNCC1. The topological polar surface area (TPSA) is 84.3 Å². The van der Waals surface area contributed by atoms with Crippen LogP contribution in [0.2, 0.25) is 0 Å². The Hall–Kier alpha value is -1.95. The Balaban J connectivity index is 1.86. The summed E-state index contributed by atoms with van der Waals surface area (Å²) in [7, 11) is 0. The molecule has 1 saturated heterocycles. The van der Waals surface area contributed by atoms with Crippen LogP contribution in [-0.2, 0) is 11.2 Å². The van der Waals surface area contributed by atoms with Gasteiger partial charge in [-0.2, -0.15) is 0 Å². The first-order valence-electron chi connectivity index (χ1n) is 6.86. The van der Waals surface area contributed by atoms with Gasteiger partial charge in [0.25, 0.3) is 5.69 Å². The average molecular weight is 277 g/mol. The average Bonchev–Trinajstić information content (AvgIpc) is 2.46.